The third-order valence-electron chi connectivity index (χ3n) is 3.18. The van der Waals surface area contributed by atoms with Gasteiger partial charge in [-0.3, -0.25) is 4.72 Å². The van der Waals surface area contributed by atoms with Crippen LogP contribution < -0.4 is 10.0 Å². The molecule has 0 spiro atoms. The number of sulfonamides is 1. The maximum absolute atomic E-state index is 12.4. The molecule has 0 radical (unpaired) electrons. The number of aryl methyl sites for hydroxylation is 1. The molecule has 0 atom stereocenters. The van der Waals surface area contributed by atoms with Crippen molar-refractivity contribution in [2.45, 2.75) is 5.03 Å². The van der Waals surface area contributed by atoms with Crippen molar-refractivity contribution in [3.8, 4) is 0 Å². The van der Waals surface area contributed by atoms with E-state index in [2.05, 4.69) is 15.0 Å². The molecule has 23 heavy (non-hydrogen) atoms. The highest BCUT2D eigenvalue weighted by Crippen LogP contribution is 2.27. The fourth-order valence-electron chi connectivity index (χ4n) is 2.08. The van der Waals surface area contributed by atoms with Gasteiger partial charge in [0.2, 0.25) is 0 Å². The van der Waals surface area contributed by atoms with Crippen LogP contribution in [0.4, 0.5) is 17.1 Å². The lowest BCUT2D eigenvalue weighted by Crippen LogP contribution is -2.14. The molecule has 0 unspecified atom stereocenters. The third kappa shape index (κ3) is 3.51. The van der Waals surface area contributed by atoms with E-state index in [1.807, 2.05) is 42.5 Å². The van der Waals surface area contributed by atoms with Crippen LogP contribution in [0.5, 0.6) is 0 Å². The summed E-state index contributed by atoms with van der Waals surface area (Å²) in [6, 6.07) is 16.7. The van der Waals surface area contributed by atoms with E-state index < -0.39 is 10.0 Å². The summed E-state index contributed by atoms with van der Waals surface area (Å²) in [5, 5.41) is 3.18. The van der Waals surface area contributed by atoms with Crippen LogP contribution in [0.15, 0.2) is 72.1 Å². The zero-order valence-corrected chi connectivity index (χ0v) is 13.3. The van der Waals surface area contributed by atoms with Crippen molar-refractivity contribution in [2.75, 3.05) is 10.0 Å². The summed E-state index contributed by atoms with van der Waals surface area (Å²) in [6.07, 6.45) is 2.90. The van der Waals surface area contributed by atoms with E-state index in [9.17, 15) is 8.42 Å². The van der Waals surface area contributed by atoms with Crippen molar-refractivity contribution in [3.05, 3.63) is 67.1 Å². The number of benzene rings is 2. The molecule has 2 aromatic carbocycles. The summed E-state index contributed by atoms with van der Waals surface area (Å²) in [5.74, 6) is 0. The van der Waals surface area contributed by atoms with Crippen LogP contribution in [-0.4, -0.2) is 18.0 Å². The Morgan fingerprint density at radius 2 is 1.61 bits per heavy atom. The zero-order valence-electron chi connectivity index (χ0n) is 12.5. The maximum Gasteiger partial charge on any atom is 0.281 e. The fourth-order valence-corrected chi connectivity index (χ4v) is 3.15. The predicted molar refractivity (Wildman–Crippen MR) is 90.2 cm³/mol. The van der Waals surface area contributed by atoms with Crippen LogP contribution in [-0.2, 0) is 17.1 Å². The Hall–Kier alpha value is -2.80. The first-order valence-electron chi connectivity index (χ1n) is 6.96. The number of nitrogens with zero attached hydrogens (tertiary/aromatic N) is 2. The summed E-state index contributed by atoms with van der Waals surface area (Å²) in [6.45, 7) is 0. The van der Waals surface area contributed by atoms with Crippen molar-refractivity contribution < 1.29 is 8.42 Å². The molecular formula is C16H16N4O2S. The first kappa shape index (κ1) is 15.1. The molecule has 0 aliphatic heterocycles. The van der Waals surface area contributed by atoms with Crippen molar-refractivity contribution in [1.82, 2.24) is 9.55 Å². The van der Waals surface area contributed by atoms with Crippen LogP contribution in [0.2, 0.25) is 0 Å². The summed E-state index contributed by atoms with van der Waals surface area (Å²) in [4.78, 5) is 3.89. The molecule has 0 bridgehead atoms. The summed E-state index contributed by atoms with van der Waals surface area (Å²) in [5.41, 5.74) is 2.00. The number of para-hydroxylation sites is 3. The lowest BCUT2D eigenvalue weighted by molar-refractivity contribution is 0.598. The molecule has 0 amide bonds. The highest BCUT2D eigenvalue weighted by Gasteiger charge is 2.18. The summed E-state index contributed by atoms with van der Waals surface area (Å²) in [7, 11) is -2.01. The molecular weight excluding hydrogens is 312 g/mol. The molecule has 0 fully saturated rings. The van der Waals surface area contributed by atoms with Crippen molar-refractivity contribution in [1.29, 1.82) is 0 Å². The number of anilines is 3. The first-order valence-corrected chi connectivity index (χ1v) is 8.45. The Balaban J connectivity index is 1.89. The van der Waals surface area contributed by atoms with Gasteiger partial charge in [0.05, 0.1) is 17.7 Å². The minimum atomic E-state index is -3.73. The molecule has 3 aromatic rings. The Labute approximate surface area is 134 Å². The molecule has 1 aromatic heterocycles. The molecule has 0 saturated heterocycles. The van der Waals surface area contributed by atoms with Gasteiger partial charge >= 0.3 is 0 Å². The smallest absolute Gasteiger partial charge is 0.281 e. The molecule has 118 valence electrons. The molecule has 1 heterocycles. The Morgan fingerprint density at radius 3 is 2.26 bits per heavy atom. The predicted octanol–water partition coefficient (Wildman–Crippen LogP) is 2.96. The van der Waals surface area contributed by atoms with Gasteiger partial charge in [0.1, 0.15) is 0 Å². The number of imidazole rings is 1. The SMILES string of the molecule is Cn1cnc(S(=O)(=O)Nc2ccccc2Nc2ccccc2)c1. The van der Waals surface area contributed by atoms with Crippen LogP contribution in [0.25, 0.3) is 0 Å². The van der Waals surface area contributed by atoms with E-state index in [4.69, 9.17) is 0 Å². The molecule has 0 aliphatic carbocycles. The van der Waals surface area contributed by atoms with E-state index in [-0.39, 0.29) is 5.03 Å². The van der Waals surface area contributed by atoms with Crippen LogP contribution >= 0.6 is 0 Å². The zero-order chi connectivity index (χ0) is 16.3. The van der Waals surface area contributed by atoms with Crippen LogP contribution in [0.1, 0.15) is 0 Å². The number of aromatic nitrogens is 2. The van der Waals surface area contributed by atoms with Gasteiger partial charge < -0.3 is 9.88 Å². The molecule has 6 nitrogen and oxygen atoms in total. The number of hydrogen-bond donors (Lipinski definition) is 2. The molecule has 3 rings (SSSR count). The first-order chi connectivity index (χ1) is 11.0. The average molecular weight is 328 g/mol. The van der Waals surface area contributed by atoms with Gasteiger partial charge in [-0.05, 0) is 24.3 Å². The van der Waals surface area contributed by atoms with E-state index in [1.165, 1.54) is 12.5 Å². The van der Waals surface area contributed by atoms with E-state index >= 15 is 0 Å². The van der Waals surface area contributed by atoms with Crippen molar-refractivity contribution >= 4 is 27.1 Å². The van der Waals surface area contributed by atoms with Gasteiger partial charge in [0.25, 0.3) is 10.0 Å². The van der Waals surface area contributed by atoms with Crippen molar-refractivity contribution in [3.63, 3.8) is 0 Å². The van der Waals surface area contributed by atoms with Crippen molar-refractivity contribution in [2.24, 2.45) is 7.05 Å². The quantitative estimate of drug-likeness (QED) is 0.755. The van der Waals surface area contributed by atoms with E-state index in [0.717, 1.165) is 5.69 Å². The lowest BCUT2D eigenvalue weighted by atomic mass is 10.2. The standard InChI is InChI=1S/C16H16N4O2S/c1-20-11-16(17-12-20)23(21,22)19-15-10-6-5-9-14(15)18-13-7-3-2-4-8-13/h2-12,18-19H,1H3. The molecule has 7 heteroatoms. The highest BCUT2D eigenvalue weighted by atomic mass is 32.2. The maximum atomic E-state index is 12.4. The van der Waals surface area contributed by atoms with Gasteiger partial charge in [0.15, 0.2) is 5.03 Å². The van der Waals surface area contributed by atoms with Gasteiger partial charge in [-0.2, -0.15) is 8.42 Å². The van der Waals surface area contributed by atoms with Crippen LogP contribution in [0, 0.1) is 0 Å². The van der Waals surface area contributed by atoms with E-state index in [0.29, 0.717) is 11.4 Å². The topological polar surface area (TPSA) is 76.0 Å². The monoisotopic (exact) mass is 328 g/mol. The molecule has 0 aliphatic rings. The lowest BCUT2D eigenvalue weighted by Gasteiger charge is -2.13. The largest absolute Gasteiger partial charge is 0.354 e. The second kappa shape index (κ2) is 6.13. The van der Waals surface area contributed by atoms with Gasteiger partial charge in [-0.1, -0.05) is 30.3 Å². The Bertz CT molecular complexity index is 905. The number of rotatable bonds is 5. The fraction of sp³-hybridized carbons (Fsp3) is 0.0625. The third-order valence-corrected chi connectivity index (χ3v) is 4.43. The summed E-state index contributed by atoms with van der Waals surface area (Å²) < 4.78 is 29.0. The molecule has 2 N–H and O–H groups in total. The summed E-state index contributed by atoms with van der Waals surface area (Å²) >= 11 is 0. The van der Waals surface area contributed by atoms with Gasteiger partial charge in [-0.25, -0.2) is 4.98 Å². The molecule has 0 saturated carbocycles. The average Bonchev–Trinajstić information content (AvgIpc) is 2.98. The highest BCUT2D eigenvalue weighted by molar-refractivity contribution is 7.92. The second-order valence-corrected chi connectivity index (χ2v) is 6.65. The van der Waals surface area contributed by atoms with Gasteiger partial charge in [-0.15, -0.1) is 0 Å². The number of hydrogen-bond acceptors (Lipinski definition) is 4. The minimum absolute atomic E-state index is 0.0190. The van der Waals surface area contributed by atoms with E-state index in [1.54, 1.807) is 23.7 Å². The minimum Gasteiger partial charge on any atom is -0.354 e. The normalized spacial score (nSPS) is 11.2. The number of nitrogens with one attached hydrogen (secondary N) is 2. The Morgan fingerprint density at radius 1 is 0.957 bits per heavy atom. The second-order valence-electron chi connectivity index (χ2n) is 5.02. The Kier molecular flexibility index (Phi) is 4.03. The van der Waals surface area contributed by atoms with Gasteiger partial charge in [0, 0.05) is 18.9 Å². The van der Waals surface area contributed by atoms with Crippen LogP contribution in [0.3, 0.4) is 0 Å².